The largest absolute Gasteiger partial charge is 0.452 e. The molecule has 1 aromatic carbocycles. The fraction of sp³-hybridized carbons (Fsp3) is 0.524. The molecule has 0 N–H and O–H groups in total. The standard InChI is InChI=1S/C21H25N3O5/c1-3-22(4-2)18(26)13-29-20(28)21-12-11-17(25)24(21)16-8-6-5-7-15(16)19(27)23(21)14-9-10-14/h5-8,14H,3-4,9-13H2,1-2H3/t21-/m1/s1. The van der Waals surface area contributed by atoms with Gasteiger partial charge in [-0.25, -0.2) is 4.79 Å². The Morgan fingerprint density at radius 3 is 2.52 bits per heavy atom. The molecule has 0 spiro atoms. The molecule has 2 aliphatic heterocycles. The zero-order chi connectivity index (χ0) is 20.8. The Morgan fingerprint density at radius 1 is 1.17 bits per heavy atom. The number of ether oxygens (including phenoxy) is 1. The Balaban J connectivity index is 1.71. The molecule has 8 heteroatoms. The van der Waals surface area contributed by atoms with E-state index in [0.29, 0.717) is 24.3 Å². The van der Waals surface area contributed by atoms with E-state index in [2.05, 4.69) is 0 Å². The van der Waals surface area contributed by atoms with Gasteiger partial charge in [-0.15, -0.1) is 0 Å². The Kier molecular flexibility index (Phi) is 4.80. The molecule has 1 saturated carbocycles. The van der Waals surface area contributed by atoms with E-state index in [1.165, 1.54) is 9.80 Å². The summed E-state index contributed by atoms with van der Waals surface area (Å²) in [5, 5.41) is 0. The molecule has 1 aliphatic carbocycles. The van der Waals surface area contributed by atoms with Crippen LogP contribution < -0.4 is 4.90 Å². The number of benzene rings is 1. The summed E-state index contributed by atoms with van der Waals surface area (Å²) < 4.78 is 5.43. The highest BCUT2D eigenvalue weighted by Crippen LogP contribution is 2.49. The molecule has 154 valence electrons. The Morgan fingerprint density at radius 2 is 1.86 bits per heavy atom. The Labute approximate surface area is 169 Å². The van der Waals surface area contributed by atoms with Gasteiger partial charge in [0.05, 0.1) is 11.3 Å². The maximum absolute atomic E-state index is 13.4. The summed E-state index contributed by atoms with van der Waals surface area (Å²) in [7, 11) is 0. The highest BCUT2D eigenvalue weighted by atomic mass is 16.5. The first-order chi connectivity index (χ1) is 14.0. The molecule has 0 bridgehead atoms. The molecule has 3 aliphatic rings. The lowest BCUT2D eigenvalue weighted by molar-refractivity contribution is -0.162. The van der Waals surface area contributed by atoms with E-state index in [0.717, 1.165) is 12.8 Å². The maximum Gasteiger partial charge on any atom is 0.354 e. The van der Waals surface area contributed by atoms with Gasteiger partial charge in [-0.3, -0.25) is 19.3 Å². The minimum atomic E-state index is -1.51. The van der Waals surface area contributed by atoms with Gasteiger partial charge in [0.15, 0.2) is 6.61 Å². The van der Waals surface area contributed by atoms with Crippen LogP contribution in [0.15, 0.2) is 24.3 Å². The van der Waals surface area contributed by atoms with Crippen LogP contribution in [0.1, 0.15) is 49.9 Å². The second-order valence-electron chi connectivity index (χ2n) is 7.61. The summed E-state index contributed by atoms with van der Waals surface area (Å²) in [5.74, 6) is -1.49. The smallest absolute Gasteiger partial charge is 0.354 e. The van der Waals surface area contributed by atoms with E-state index in [-0.39, 0.29) is 36.6 Å². The number of nitrogens with zero attached hydrogens (tertiary/aromatic N) is 3. The van der Waals surface area contributed by atoms with E-state index in [1.807, 2.05) is 13.8 Å². The number of hydrogen-bond acceptors (Lipinski definition) is 5. The van der Waals surface area contributed by atoms with Gasteiger partial charge in [-0.2, -0.15) is 0 Å². The van der Waals surface area contributed by atoms with Gasteiger partial charge in [0.2, 0.25) is 11.6 Å². The van der Waals surface area contributed by atoms with Crippen LogP contribution in [-0.2, 0) is 19.1 Å². The third-order valence-electron chi connectivity index (χ3n) is 5.98. The Bertz CT molecular complexity index is 877. The lowest BCUT2D eigenvalue weighted by Crippen LogP contribution is -2.69. The van der Waals surface area contributed by atoms with Crippen molar-refractivity contribution in [3.8, 4) is 0 Å². The van der Waals surface area contributed by atoms with Gasteiger partial charge in [0.1, 0.15) is 0 Å². The van der Waals surface area contributed by atoms with Crippen molar-refractivity contribution < 1.29 is 23.9 Å². The molecule has 2 heterocycles. The number of rotatable bonds is 6. The molecule has 1 atom stereocenters. The van der Waals surface area contributed by atoms with Crippen LogP contribution in [0.2, 0.25) is 0 Å². The predicted molar refractivity (Wildman–Crippen MR) is 104 cm³/mol. The van der Waals surface area contributed by atoms with Crippen LogP contribution in [0, 0.1) is 0 Å². The molecule has 1 aromatic rings. The minimum Gasteiger partial charge on any atom is -0.452 e. The molecule has 0 unspecified atom stereocenters. The summed E-state index contributed by atoms with van der Waals surface area (Å²) in [6, 6.07) is 6.75. The third-order valence-corrected chi connectivity index (χ3v) is 5.98. The normalized spacial score (nSPS) is 23.0. The monoisotopic (exact) mass is 399 g/mol. The Hall–Kier alpha value is -2.90. The number of carbonyl (C=O) groups is 4. The van der Waals surface area contributed by atoms with Crippen molar-refractivity contribution in [2.75, 3.05) is 24.6 Å². The molecule has 0 radical (unpaired) electrons. The van der Waals surface area contributed by atoms with Crippen molar-refractivity contribution in [2.45, 2.75) is 51.2 Å². The number of hydrogen-bond donors (Lipinski definition) is 0. The number of anilines is 1. The summed E-state index contributed by atoms with van der Waals surface area (Å²) in [6.45, 7) is 4.33. The van der Waals surface area contributed by atoms with Crippen LogP contribution in [-0.4, -0.2) is 64.9 Å². The molecule has 29 heavy (non-hydrogen) atoms. The van der Waals surface area contributed by atoms with Gasteiger partial charge in [-0.05, 0) is 38.8 Å². The lowest BCUT2D eigenvalue weighted by atomic mass is 9.96. The van der Waals surface area contributed by atoms with E-state index in [9.17, 15) is 19.2 Å². The van der Waals surface area contributed by atoms with Crippen LogP contribution >= 0.6 is 0 Å². The lowest BCUT2D eigenvalue weighted by Gasteiger charge is -2.48. The number of likely N-dealkylation sites (N-methyl/N-ethyl adjacent to an activating group) is 1. The molecule has 1 saturated heterocycles. The minimum absolute atomic E-state index is 0.102. The molecule has 4 rings (SSSR count). The van der Waals surface area contributed by atoms with Crippen LogP contribution in [0.4, 0.5) is 5.69 Å². The number of amides is 3. The first-order valence-corrected chi connectivity index (χ1v) is 10.2. The van der Waals surface area contributed by atoms with Gasteiger partial charge in [-0.1, -0.05) is 12.1 Å². The van der Waals surface area contributed by atoms with Crippen LogP contribution in [0.5, 0.6) is 0 Å². The van der Waals surface area contributed by atoms with E-state index in [4.69, 9.17) is 4.74 Å². The summed E-state index contributed by atoms with van der Waals surface area (Å²) >= 11 is 0. The maximum atomic E-state index is 13.4. The van der Waals surface area contributed by atoms with Crippen molar-refractivity contribution in [3.63, 3.8) is 0 Å². The van der Waals surface area contributed by atoms with Crippen molar-refractivity contribution in [1.82, 2.24) is 9.80 Å². The third kappa shape index (κ3) is 2.89. The average molecular weight is 399 g/mol. The van der Waals surface area contributed by atoms with E-state index in [1.54, 1.807) is 29.2 Å². The second-order valence-corrected chi connectivity index (χ2v) is 7.61. The fourth-order valence-corrected chi connectivity index (χ4v) is 4.42. The molecule has 2 fully saturated rings. The van der Waals surface area contributed by atoms with E-state index < -0.39 is 18.2 Å². The average Bonchev–Trinajstić information content (AvgIpc) is 3.49. The fourth-order valence-electron chi connectivity index (χ4n) is 4.42. The van der Waals surface area contributed by atoms with Gasteiger partial charge in [0.25, 0.3) is 11.8 Å². The predicted octanol–water partition coefficient (Wildman–Crippen LogP) is 1.54. The molecular weight excluding hydrogens is 374 g/mol. The number of carbonyl (C=O) groups excluding carboxylic acids is 4. The van der Waals surface area contributed by atoms with Crippen LogP contribution in [0.25, 0.3) is 0 Å². The first kappa shape index (κ1) is 19.4. The highest BCUT2D eigenvalue weighted by Gasteiger charge is 2.64. The van der Waals surface area contributed by atoms with Crippen molar-refractivity contribution in [3.05, 3.63) is 29.8 Å². The first-order valence-electron chi connectivity index (χ1n) is 10.2. The SMILES string of the molecule is CCN(CC)C(=O)COC(=O)[C@@]12CCC(=O)N1c1ccccc1C(=O)N2C1CC1. The van der Waals surface area contributed by atoms with Gasteiger partial charge in [0, 0.05) is 32.0 Å². The number of esters is 1. The van der Waals surface area contributed by atoms with E-state index >= 15 is 0 Å². The number of fused-ring (bicyclic) bond motifs is 3. The summed E-state index contributed by atoms with van der Waals surface area (Å²) in [6.07, 6.45) is 1.87. The topological polar surface area (TPSA) is 87.2 Å². The quantitative estimate of drug-likeness (QED) is 0.677. The summed E-state index contributed by atoms with van der Waals surface area (Å²) in [5.41, 5.74) is -0.658. The van der Waals surface area contributed by atoms with Crippen molar-refractivity contribution in [1.29, 1.82) is 0 Å². The van der Waals surface area contributed by atoms with Crippen molar-refractivity contribution >= 4 is 29.4 Å². The molecule has 8 nitrogen and oxygen atoms in total. The zero-order valence-corrected chi connectivity index (χ0v) is 16.7. The molecular formula is C21H25N3O5. The zero-order valence-electron chi connectivity index (χ0n) is 16.7. The second kappa shape index (κ2) is 7.17. The number of para-hydroxylation sites is 1. The summed E-state index contributed by atoms with van der Waals surface area (Å²) in [4.78, 5) is 56.3. The van der Waals surface area contributed by atoms with Crippen molar-refractivity contribution in [2.24, 2.45) is 0 Å². The van der Waals surface area contributed by atoms with Gasteiger partial charge >= 0.3 is 5.97 Å². The van der Waals surface area contributed by atoms with Crippen LogP contribution in [0.3, 0.4) is 0 Å². The molecule has 0 aromatic heterocycles. The van der Waals surface area contributed by atoms with Gasteiger partial charge < -0.3 is 14.5 Å². The highest BCUT2D eigenvalue weighted by molar-refractivity contribution is 6.15. The molecule has 3 amide bonds.